The van der Waals surface area contributed by atoms with Crippen LogP contribution in [-0.2, 0) is 12.8 Å². The third kappa shape index (κ3) is 3.12. The van der Waals surface area contributed by atoms with E-state index in [9.17, 15) is 0 Å². The number of aryl methyl sites for hydroxylation is 1. The smallest absolute Gasteiger partial charge is 0.231 e. The Morgan fingerprint density at radius 2 is 1.84 bits per heavy atom. The van der Waals surface area contributed by atoms with E-state index >= 15 is 0 Å². The summed E-state index contributed by atoms with van der Waals surface area (Å²) >= 11 is 0. The van der Waals surface area contributed by atoms with Crippen LogP contribution in [-0.4, -0.2) is 27.6 Å². The quantitative estimate of drug-likeness (QED) is 0.905. The normalized spacial score (nSPS) is 17.9. The molecular weight excluding hydrogens is 318 g/mol. The molecule has 0 fully saturated rings. The number of fused-ring (bicyclic) bond motifs is 2. The standard InChI is InChI=1S/C20H23NO4/c1-22-18-10-14-7-8-21-16(15(14)11-19(18)23-2)5-3-13-4-6-17-20(9-13)25-12-24-17/h4,6,9-11,16,21H,3,5,7-8,12H2,1-2H3/t16-/m0/s1. The third-order valence-electron chi connectivity index (χ3n) is 4.96. The van der Waals surface area contributed by atoms with Crippen molar-refractivity contribution in [2.45, 2.75) is 25.3 Å². The highest BCUT2D eigenvalue weighted by atomic mass is 16.7. The van der Waals surface area contributed by atoms with Gasteiger partial charge in [-0.05, 0) is 66.8 Å². The average molecular weight is 341 g/mol. The van der Waals surface area contributed by atoms with Gasteiger partial charge in [-0.15, -0.1) is 0 Å². The van der Waals surface area contributed by atoms with Gasteiger partial charge in [-0.1, -0.05) is 6.07 Å². The van der Waals surface area contributed by atoms with E-state index in [0.29, 0.717) is 12.8 Å². The second-order valence-electron chi connectivity index (χ2n) is 6.39. The Balaban J connectivity index is 1.52. The van der Waals surface area contributed by atoms with Crippen LogP contribution >= 0.6 is 0 Å². The highest BCUT2D eigenvalue weighted by Crippen LogP contribution is 2.37. The van der Waals surface area contributed by atoms with Gasteiger partial charge in [0, 0.05) is 6.04 Å². The molecular formula is C20H23NO4. The predicted octanol–water partition coefficient (Wildman–Crippen LogP) is 3.25. The number of benzene rings is 2. The summed E-state index contributed by atoms with van der Waals surface area (Å²) in [5.41, 5.74) is 3.91. The van der Waals surface area contributed by atoms with Crippen molar-refractivity contribution in [2.24, 2.45) is 0 Å². The number of ether oxygens (including phenoxy) is 4. The molecule has 0 aromatic heterocycles. The first-order chi connectivity index (χ1) is 12.3. The van der Waals surface area contributed by atoms with Crippen molar-refractivity contribution in [1.82, 2.24) is 5.32 Å². The number of hydrogen-bond acceptors (Lipinski definition) is 5. The predicted molar refractivity (Wildman–Crippen MR) is 94.9 cm³/mol. The summed E-state index contributed by atoms with van der Waals surface area (Å²) in [6.07, 6.45) is 3.00. The van der Waals surface area contributed by atoms with E-state index in [1.165, 1.54) is 16.7 Å². The molecule has 0 saturated carbocycles. The number of hydrogen-bond donors (Lipinski definition) is 1. The second-order valence-corrected chi connectivity index (χ2v) is 6.39. The molecule has 0 amide bonds. The second kappa shape index (κ2) is 6.84. The summed E-state index contributed by atoms with van der Waals surface area (Å²) in [7, 11) is 3.37. The van der Waals surface area contributed by atoms with Crippen molar-refractivity contribution in [3.63, 3.8) is 0 Å². The Morgan fingerprint density at radius 1 is 1.04 bits per heavy atom. The van der Waals surface area contributed by atoms with Gasteiger partial charge in [0.15, 0.2) is 23.0 Å². The van der Waals surface area contributed by atoms with Gasteiger partial charge in [0.2, 0.25) is 6.79 Å². The van der Waals surface area contributed by atoms with Crippen LogP contribution in [0.15, 0.2) is 30.3 Å². The Labute approximate surface area is 147 Å². The van der Waals surface area contributed by atoms with E-state index in [1.807, 2.05) is 6.07 Å². The van der Waals surface area contributed by atoms with Crippen molar-refractivity contribution in [1.29, 1.82) is 0 Å². The van der Waals surface area contributed by atoms with Gasteiger partial charge in [-0.3, -0.25) is 0 Å². The van der Waals surface area contributed by atoms with Crippen molar-refractivity contribution in [2.75, 3.05) is 27.6 Å². The molecule has 5 nitrogen and oxygen atoms in total. The molecule has 2 aromatic carbocycles. The molecule has 25 heavy (non-hydrogen) atoms. The van der Waals surface area contributed by atoms with E-state index < -0.39 is 0 Å². The van der Waals surface area contributed by atoms with E-state index in [1.54, 1.807) is 14.2 Å². The van der Waals surface area contributed by atoms with Crippen molar-refractivity contribution >= 4 is 0 Å². The van der Waals surface area contributed by atoms with Crippen LogP contribution in [0.25, 0.3) is 0 Å². The van der Waals surface area contributed by atoms with E-state index in [-0.39, 0.29) is 0 Å². The van der Waals surface area contributed by atoms with Gasteiger partial charge in [0.25, 0.3) is 0 Å². The van der Waals surface area contributed by atoms with Crippen LogP contribution in [0.1, 0.15) is 29.2 Å². The van der Waals surface area contributed by atoms with Gasteiger partial charge < -0.3 is 24.3 Å². The molecule has 0 saturated heterocycles. The molecule has 4 rings (SSSR count). The fraction of sp³-hybridized carbons (Fsp3) is 0.400. The first-order valence-electron chi connectivity index (χ1n) is 8.65. The lowest BCUT2D eigenvalue weighted by molar-refractivity contribution is 0.174. The van der Waals surface area contributed by atoms with Gasteiger partial charge in [0.1, 0.15) is 0 Å². The zero-order valence-corrected chi connectivity index (χ0v) is 14.6. The summed E-state index contributed by atoms with van der Waals surface area (Å²) in [5, 5.41) is 3.63. The lowest BCUT2D eigenvalue weighted by Gasteiger charge is -2.28. The summed E-state index contributed by atoms with van der Waals surface area (Å²) in [5.74, 6) is 3.28. The highest BCUT2D eigenvalue weighted by molar-refractivity contribution is 5.49. The summed E-state index contributed by atoms with van der Waals surface area (Å²) < 4.78 is 21.8. The number of methoxy groups -OCH3 is 2. The lowest BCUT2D eigenvalue weighted by Crippen LogP contribution is -2.30. The fourth-order valence-corrected chi connectivity index (χ4v) is 3.63. The molecule has 0 bridgehead atoms. The van der Waals surface area contributed by atoms with Crippen LogP contribution in [0.3, 0.4) is 0 Å². The van der Waals surface area contributed by atoms with Gasteiger partial charge in [0.05, 0.1) is 14.2 Å². The Hall–Kier alpha value is -2.40. The van der Waals surface area contributed by atoms with Gasteiger partial charge in [-0.25, -0.2) is 0 Å². The van der Waals surface area contributed by atoms with E-state index in [2.05, 4.69) is 29.6 Å². The van der Waals surface area contributed by atoms with Crippen LogP contribution in [0.2, 0.25) is 0 Å². The Morgan fingerprint density at radius 3 is 2.68 bits per heavy atom. The maximum absolute atomic E-state index is 5.48. The molecule has 2 heterocycles. The van der Waals surface area contributed by atoms with Crippen molar-refractivity contribution < 1.29 is 18.9 Å². The lowest BCUT2D eigenvalue weighted by atomic mass is 9.90. The monoisotopic (exact) mass is 341 g/mol. The molecule has 0 unspecified atom stereocenters. The topological polar surface area (TPSA) is 49.0 Å². The molecule has 5 heteroatoms. The fourth-order valence-electron chi connectivity index (χ4n) is 3.63. The Kier molecular flexibility index (Phi) is 4.40. The Bertz CT molecular complexity index is 775. The molecule has 132 valence electrons. The first-order valence-corrected chi connectivity index (χ1v) is 8.65. The van der Waals surface area contributed by atoms with Gasteiger partial charge in [-0.2, -0.15) is 0 Å². The maximum Gasteiger partial charge on any atom is 0.231 e. The van der Waals surface area contributed by atoms with Crippen LogP contribution in [0.4, 0.5) is 0 Å². The number of rotatable bonds is 5. The summed E-state index contributed by atoms with van der Waals surface area (Å²) in [4.78, 5) is 0. The first kappa shape index (κ1) is 16.1. The summed E-state index contributed by atoms with van der Waals surface area (Å²) in [6.45, 7) is 1.30. The summed E-state index contributed by atoms with van der Waals surface area (Å²) in [6, 6.07) is 10.7. The van der Waals surface area contributed by atoms with Crippen LogP contribution in [0, 0.1) is 0 Å². The largest absolute Gasteiger partial charge is 0.493 e. The average Bonchev–Trinajstić information content (AvgIpc) is 3.12. The highest BCUT2D eigenvalue weighted by Gasteiger charge is 2.23. The van der Waals surface area contributed by atoms with Crippen molar-refractivity contribution in [3.05, 3.63) is 47.0 Å². The molecule has 0 radical (unpaired) electrons. The minimum atomic E-state index is 0.314. The molecule has 0 aliphatic carbocycles. The van der Waals surface area contributed by atoms with Crippen LogP contribution in [0.5, 0.6) is 23.0 Å². The van der Waals surface area contributed by atoms with Gasteiger partial charge >= 0.3 is 0 Å². The molecule has 2 aromatic rings. The maximum atomic E-state index is 5.48. The molecule has 1 atom stereocenters. The SMILES string of the molecule is COc1cc2c(cc1OC)[C@H](CCc1ccc3c(c1)OCO3)NCC2. The molecule has 1 N–H and O–H groups in total. The van der Waals surface area contributed by atoms with E-state index in [0.717, 1.165) is 48.8 Å². The van der Waals surface area contributed by atoms with E-state index in [4.69, 9.17) is 18.9 Å². The molecule has 2 aliphatic heterocycles. The van der Waals surface area contributed by atoms with Crippen molar-refractivity contribution in [3.8, 4) is 23.0 Å². The minimum Gasteiger partial charge on any atom is -0.493 e. The minimum absolute atomic E-state index is 0.314. The third-order valence-corrected chi connectivity index (χ3v) is 4.96. The zero-order chi connectivity index (χ0) is 17.2. The number of nitrogens with one attached hydrogen (secondary N) is 1. The molecule has 0 spiro atoms. The van der Waals surface area contributed by atoms with Crippen LogP contribution < -0.4 is 24.3 Å². The zero-order valence-electron chi connectivity index (χ0n) is 14.6. The molecule has 2 aliphatic rings.